The highest BCUT2D eigenvalue weighted by Gasteiger charge is 2.05. The van der Waals surface area contributed by atoms with Crippen molar-refractivity contribution < 1.29 is 0 Å². The van der Waals surface area contributed by atoms with E-state index >= 15 is 0 Å². The third-order valence-electron chi connectivity index (χ3n) is 2.60. The van der Waals surface area contributed by atoms with Crippen LogP contribution in [0, 0.1) is 0 Å². The molecule has 0 saturated heterocycles. The molecule has 2 heteroatoms. The van der Waals surface area contributed by atoms with Crippen LogP contribution in [0.15, 0.2) is 24.3 Å². The molecule has 0 aliphatic carbocycles. The van der Waals surface area contributed by atoms with Gasteiger partial charge in [0.15, 0.2) is 0 Å². The maximum Gasteiger partial charge on any atom is 0.0703 e. The van der Waals surface area contributed by atoms with E-state index in [-0.39, 0.29) is 0 Å². The van der Waals surface area contributed by atoms with E-state index in [9.17, 15) is 0 Å². The second kappa shape index (κ2) is 3.82. The minimum atomic E-state index is 1.10. The molecule has 0 unspecified atom stereocenters. The zero-order chi connectivity index (χ0) is 9.97. The highest BCUT2D eigenvalue weighted by molar-refractivity contribution is 5.81. The molecular weight excluding hydrogens is 172 g/mol. The average molecular weight is 188 g/mol. The summed E-state index contributed by atoms with van der Waals surface area (Å²) in [5.41, 5.74) is 2.48. The summed E-state index contributed by atoms with van der Waals surface area (Å²) in [7, 11) is 2.01. The number of hydrogen-bond acceptors (Lipinski definition) is 1. The molecule has 14 heavy (non-hydrogen) atoms. The molecule has 1 heterocycles. The minimum absolute atomic E-state index is 1.10. The molecule has 0 saturated carbocycles. The van der Waals surface area contributed by atoms with Crippen molar-refractivity contribution in [2.24, 2.45) is 7.05 Å². The Hall–Kier alpha value is -1.31. The van der Waals surface area contributed by atoms with Crippen molar-refractivity contribution in [1.29, 1.82) is 0 Å². The zero-order valence-corrected chi connectivity index (χ0v) is 8.83. The van der Waals surface area contributed by atoms with Crippen molar-refractivity contribution in [3.8, 4) is 0 Å². The predicted molar refractivity (Wildman–Crippen MR) is 59.3 cm³/mol. The molecule has 0 radical (unpaired) electrons. The Morgan fingerprint density at radius 1 is 1.29 bits per heavy atom. The average Bonchev–Trinajstić information content (AvgIpc) is 2.54. The van der Waals surface area contributed by atoms with E-state index in [2.05, 4.69) is 36.3 Å². The number of benzene rings is 1. The molecule has 0 bridgehead atoms. The van der Waals surface area contributed by atoms with Crippen LogP contribution in [0.4, 0.5) is 0 Å². The number of aryl methyl sites for hydroxylation is 2. The molecule has 0 spiro atoms. The molecular formula is C12H16N2. The monoisotopic (exact) mass is 188 g/mol. The highest BCUT2D eigenvalue weighted by Crippen LogP contribution is 2.18. The van der Waals surface area contributed by atoms with E-state index in [1.807, 2.05) is 11.7 Å². The van der Waals surface area contributed by atoms with Gasteiger partial charge in [0, 0.05) is 12.4 Å². The third-order valence-corrected chi connectivity index (χ3v) is 2.60. The van der Waals surface area contributed by atoms with E-state index in [0.717, 1.165) is 6.42 Å². The van der Waals surface area contributed by atoms with Crippen LogP contribution in [0.3, 0.4) is 0 Å². The van der Waals surface area contributed by atoms with Crippen LogP contribution in [0.1, 0.15) is 25.5 Å². The summed E-state index contributed by atoms with van der Waals surface area (Å²) < 4.78 is 1.97. The summed E-state index contributed by atoms with van der Waals surface area (Å²) >= 11 is 0. The van der Waals surface area contributed by atoms with Gasteiger partial charge in [0.2, 0.25) is 0 Å². The SMILES string of the molecule is CCCCc1nn(C)c2ccccc12. The lowest BCUT2D eigenvalue weighted by molar-refractivity contribution is 0.726. The molecule has 1 aromatic heterocycles. The van der Waals surface area contributed by atoms with E-state index in [1.54, 1.807) is 0 Å². The number of aromatic nitrogens is 2. The largest absolute Gasteiger partial charge is 0.268 e. The lowest BCUT2D eigenvalue weighted by atomic mass is 10.1. The van der Waals surface area contributed by atoms with Gasteiger partial charge in [0.25, 0.3) is 0 Å². The number of para-hydroxylation sites is 1. The molecule has 74 valence electrons. The first-order valence-electron chi connectivity index (χ1n) is 5.23. The molecule has 0 aliphatic heterocycles. The summed E-state index contributed by atoms with van der Waals surface area (Å²) in [6.45, 7) is 2.21. The Bertz CT molecular complexity index is 429. The highest BCUT2D eigenvalue weighted by atomic mass is 15.3. The Balaban J connectivity index is 2.44. The maximum atomic E-state index is 4.54. The standard InChI is InChI=1S/C12H16N2/c1-3-4-8-11-10-7-5-6-9-12(10)14(2)13-11/h5-7,9H,3-4,8H2,1-2H3. The first-order chi connectivity index (χ1) is 6.83. The smallest absolute Gasteiger partial charge is 0.0703 e. The molecule has 1 aromatic carbocycles. The van der Waals surface area contributed by atoms with Gasteiger partial charge in [0.05, 0.1) is 11.2 Å². The molecule has 0 amide bonds. The number of nitrogens with zero attached hydrogens (tertiary/aromatic N) is 2. The van der Waals surface area contributed by atoms with Crippen LogP contribution in [0.5, 0.6) is 0 Å². The number of unbranched alkanes of at least 4 members (excludes halogenated alkanes) is 1. The van der Waals surface area contributed by atoms with Crippen molar-refractivity contribution in [1.82, 2.24) is 9.78 Å². The van der Waals surface area contributed by atoms with Crippen LogP contribution in [-0.4, -0.2) is 9.78 Å². The minimum Gasteiger partial charge on any atom is -0.268 e. The Morgan fingerprint density at radius 3 is 2.86 bits per heavy atom. The van der Waals surface area contributed by atoms with Gasteiger partial charge in [-0.3, -0.25) is 4.68 Å². The van der Waals surface area contributed by atoms with Gasteiger partial charge in [0.1, 0.15) is 0 Å². The van der Waals surface area contributed by atoms with Gasteiger partial charge in [-0.15, -0.1) is 0 Å². The summed E-state index contributed by atoms with van der Waals surface area (Å²) in [6, 6.07) is 8.43. The molecule has 2 rings (SSSR count). The molecule has 2 nitrogen and oxygen atoms in total. The Kier molecular flexibility index (Phi) is 2.53. The number of rotatable bonds is 3. The summed E-state index contributed by atoms with van der Waals surface area (Å²) in [6.07, 6.45) is 3.55. The normalized spacial score (nSPS) is 11.0. The molecule has 0 N–H and O–H groups in total. The van der Waals surface area contributed by atoms with E-state index in [1.165, 1.54) is 29.4 Å². The first kappa shape index (κ1) is 9.25. The lowest BCUT2D eigenvalue weighted by Crippen LogP contribution is -1.91. The first-order valence-corrected chi connectivity index (χ1v) is 5.23. The van der Waals surface area contributed by atoms with Crippen molar-refractivity contribution in [3.63, 3.8) is 0 Å². The van der Waals surface area contributed by atoms with Gasteiger partial charge in [-0.05, 0) is 18.9 Å². The Labute approximate surface area is 84.5 Å². The van der Waals surface area contributed by atoms with E-state index < -0.39 is 0 Å². The van der Waals surface area contributed by atoms with Crippen LogP contribution in [0.25, 0.3) is 10.9 Å². The zero-order valence-electron chi connectivity index (χ0n) is 8.83. The lowest BCUT2D eigenvalue weighted by Gasteiger charge is -1.93. The second-order valence-corrected chi connectivity index (χ2v) is 3.69. The summed E-state index contributed by atoms with van der Waals surface area (Å²) in [5.74, 6) is 0. The number of hydrogen-bond donors (Lipinski definition) is 0. The molecule has 0 atom stereocenters. The fourth-order valence-electron chi connectivity index (χ4n) is 1.82. The van der Waals surface area contributed by atoms with Crippen LogP contribution in [0.2, 0.25) is 0 Å². The van der Waals surface area contributed by atoms with Gasteiger partial charge >= 0.3 is 0 Å². The molecule has 0 aliphatic rings. The topological polar surface area (TPSA) is 17.8 Å². The van der Waals surface area contributed by atoms with Crippen molar-refractivity contribution >= 4 is 10.9 Å². The summed E-state index contributed by atoms with van der Waals surface area (Å²) in [5, 5.41) is 5.85. The maximum absolute atomic E-state index is 4.54. The molecule has 2 aromatic rings. The van der Waals surface area contributed by atoms with Crippen LogP contribution in [-0.2, 0) is 13.5 Å². The van der Waals surface area contributed by atoms with Gasteiger partial charge < -0.3 is 0 Å². The van der Waals surface area contributed by atoms with Crippen molar-refractivity contribution in [2.45, 2.75) is 26.2 Å². The fourth-order valence-corrected chi connectivity index (χ4v) is 1.82. The molecule has 0 fully saturated rings. The Morgan fingerprint density at radius 2 is 2.07 bits per heavy atom. The predicted octanol–water partition coefficient (Wildman–Crippen LogP) is 2.92. The van der Waals surface area contributed by atoms with Crippen molar-refractivity contribution in [2.75, 3.05) is 0 Å². The quantitative estimate of drug-likeness (QED) is 0.724. The number of fused-ring (bicyclic) bond motifs is 1. The van der Waals surface area contributed by atoms with Crippen LogP contribution < -0.4 is 0 Å². The van der Waals surface area contributed by atoms with Crippen molar-refractivity contribution in [3.05, 3.63) is 30.0 Å². The second-order valence-electron chi connectivity index (χ2n) is 3.69. The van der Waals surface area contributed by atoms with Gasteiger partial charge in [-0.2, -0.15) is 5.10 Å². The summed E-state index contributed by atoms with van der Waals surface area (Å²) in [4.78, 5) is 0. The van der Waals surface area contributed by atoms with Gasteiger partial charge in [-0.1, -0.05) is 31.5 Å². The third kappa shape index (κ3) is 1.52. The van der Waals surface area contributed by atoms with E-state index in [4.69, 9.17) is 0 Å². The van der Waals surface area contributed by atoms with Crippen LogP contribution >= 0.6 is 0 Å². The fraction of sp³-hybridized carbons (Fsp3) is 0.417. The van der Waals surface area contributed by atoms with Gasteiger partial charge in [-0.25, -0.2) is 0 Å². The van der Waals surface area contributed by atoms with E-state index in [0.29, 0.717) is 0 Å².